The van der Waals surface area contributed by atoms with Gasteiger partial charge in [0.2, 0.25) is 0 Å². The minimum Gasteiger partial charge on any atom is -0.199 e. The highest BCUT2D eigenvalue weighted by Crippen LogP contribution is 2.67. The lowest BCUT2D eigenvalue weighted by Crippen LogP contribution is -2.77. The van der Waals surface area contributed by atoms with Crippen molar-refractivity contribution in [3.8, 4) is 0 Å². The summed E-state index contributed by atoms with van der Waals surface area (Å²) in [5.41, 5.74) is 0. The molecule has 0 saturated heterocycles. The molecule has 1 rings (SSSR count). The predicted molar refractivity (Wildman–Crippen MR) is 81.1 cm³/mol. The van der Waals surface area contributed by atoms with Gasteiger partial charge in [-0.05, 0) is 25.2 Å². The molecule has 0 aliphatic heterocycles. The van der Waals surface area contributed by atoms with Crippen LogP contribution in [-0.2, 0) is 0 Å². The second-order valence-electron chi connectivity index (χ2n) is 8.18. The summed E-state index contributed by atoms with van der Waals surface area (Å²) >= 11 is 0. The van der Waals surface area contributed by atoms with E-state index in [1.807, 2.05) is 0 Å². The molecule has 0 aromatic carbocycles. The molecule has 38 heavy (non-hydrogen) atoms. The van der Waals surface area contributed by atoms with E-state index in [9.17, 15) is 92.2 Å². The van der Waals surface area contributed by atoms with Crippen molar-refractivity contribution in [2.24, 2.45) is 11.8 Å². The van der Waals surface area contributed by atoms with Crippen molar-refractivity contribution in [1.29, 1.82) is 0 Å². The van der Waals surface area contributed by atoms with Crippen LogP contribution in [-0.4, -0.2) is 59.5 Å². The molecular formula is C17H11F21. The topological polar surface area (TPSA) is 0 Å². The highest BCUT2D eigenvalue weighted by atomic mass is 19.4. The van der Waals surface area contributed by atoms with Crippen molar-refractivity contribution in [2.75, 3.05) is 0 Å². The lowest BCUT2D eigenvalue weighted by atomic mass is 9.83. The van der Waals surface area contributed by atoms with Crippen molar-refractivity contribution in [2.45, 2.75) is 78.7 Å². The number of alkyl halides is 21. The monoisotopic (exact) mass is 614 g/mol. The van der Waals surface area contributed by atoms with Crippen molar-refractivity contribution >= 4 is 0 Å². The lowest BCUT2D eigenvalue weighted by Gasteiger charge is -2.45. The van der Waals surface area contributed by atoms with E-state index in [1.54, 1.807) is 0 Å². The van der Waals surface area contributed by atoms with Gasteiger partial charge in [0.25, 0.3) is 0 Å². The first kappa shape index (κ1) is 34.6. The zero-order valence-corrected chi connectivity index (χ0v) is 17.5. The van der Waals surface area contributed by atoms with Gasteiger partial charge in [-0.1, -0.05) is 13.3 Å². The fraction of sp³-hybridized carbons (Fsp3) is 0.882. The summed E-state index contributed by atoms with van der Waals surface area (Å²) in [6.07, 6.45) is -10.1. The van der Waals surface area contributed by atoms with Crippen LogP contribution < -0.4 is 0 Å². The average Bonchev–Trinajstić information content (AvgIpc) is 3.21. The maximum Gasteiger partial charge on any atom is 0.460 e. The average molecular weight is 614 g/mol. The Morgan fingerprint density at radius 3 is 1.03 bits per heavy atom. The standard InChI is InChI=1S/C17H11F21/c1-2-6-3-4-7(5-6)8(18,19)9(20,21)10(22,23)11(24,25)12(26,27)13(28,29)14(30,31)15(32,33)16(34,35)17(36,37)38/h4,6-7H,1-3,5H2. The molecule has 2 radical (unpaired) electrons. The van der Waals surface area contributed by atoms with Gasteiger partial charge >= 0.3 is 59.5 Å². The van der Waals surface area contributed by atoms with Crippen LogP contribution in [0, 0.1) is 25.2 Å². The minimum absolute atomic E-state index is 0.0959. The van der Waals surface area contributed by atoms with E-state index in [-0.39, 0.29) is 12.8 Å². The summed E-state index contributed by atoms with van der Waals surface area (Å²) in [4.78, 5) is 0. The quantitative estimate of drug-likeness (QED) is 0.216. The molecule has 1 fully saturated rings. The summed E-state index contributed by atoms with van der Waals surface area (Å²) in [5.74, 6) is -80.7. The number of hydrogen-bond donors (Lipinski definition) is 0. The van der Waals surface area contributed by atoms with Crippen LogP contribution in [0.2, 0.25) is 0 Å². The zero-order chi connectivity index (χ0) is 31.0. The van der Waals surface area contributed by atoms with Gasteiger partial charge in [-0.2, -0.15) is 92.2 Å². The van der Waals surface area contributed by atoms with E-state index >= 15 is 0 Å². The van der Waals surface area contributed by atoms with Crippen molar-refractivity contribution in [3.05, 3.63) is 13.3 Å². The molecular weight excluding hydrogens is 603 g/mol. The normalized spacial score (nSPS) is 22.3. The van der Waals surface area contributed by atoms with Crippen LogP contribution in [0.4, 0.5) is 92.2 Å². The zero-order valence-electron chi connectivity index (χ0n) is 17.5. The van der Waals surface area contributed by atoms with E-state index in [4.69, 9.17) is 0 Å². The fourth-order valence-corrected chi connectivity index (χ4v) is 3.24. The van der Waals surface area contributed by atoms with E-state index in [2.05, 4.69) is 6.92 Å². The molecule has 2 unspecified atom stereocenters. The van der Waals surface area contributed by atoms with Crippen LogP contribution in [0.15, 0.2) is 0 Å². The van der Waals surface area contributed by atoms with E-state index in [0.29, 0.717) is 0 Å². The van der Waals surface area contributed by atoms with Gasteiger partial charge in [0, 0.05) is 5.92 Å². The van der Waals surface area contributed by atoms with Crippen LogP contribution in [0.3, 0.4) is 0 Å². The third-order valence-electron chi connectivity index (χ3n) is 5.75. The molecule has 21 heteroatoms. The lowest BCUT2D eigenvalue weighted by molar-refractivity contribution is -0.475. The Kier molecular flexibility index (Phi) is 8.20. The number of hydrogen-bond acceptors (Lipinski definition) is 0. The molecule has 0 N–H and O–H groups in total. The minimum atomic E-state index is -9.14. The van der Waals surface area contributed by atoms with Crippen LogP contribution in [0.5, 0.6) is 0 Å². The van der Waals surface area contributed by atoms with Crippen molar-refractivity contribution in [1.82, 2.24) is 0 Å². The molecule has 1 aliphatic carbocycles. The summed E-state index contributed by atoms with van der Waals surface area (Å²) < 4.78 is 280. The molecule has 0 aromatic heterocycles. The smallest absolute Gasteiger partial charge is 0.199 e. The summed E-state index contributed by atoms with van der Waals surface area (Å²) in [7, 11) is 0. The molecule has 0 amide bonds. The van der Waals surface area contributed by atoms with Crippen molar-refractivity contribution < 1.29 is 92.2 Å². The molecule has 0 bridgehead atoms. The second kappa shape index (κ2) is 9.02. The summed E-state index contributed by atoms with van der Waals surface area (Å²) in [5, 5.41) is 0. The Bertz CT molecular complexity index is 850. The molecule has 0 spiro atoms. The summed E-state index contributed by atoms with van der Waals surface area (Å²) in [6, 6.07) is 0. The second-order valence-corrected chi connectivity index (χ2v) is 8.18. The van der Waals surface area contributed by atoms with Crippen LogP contribution >= 0.6 is 0 Å². The Morgan fingerprint density at radius 2 is 0.763 bits per heavy atom. The summed E-state index contributed by atoms with van der Waals surface area (Å²) in [6.45, 7) is 3.11. The molecule has 0 heterocycles. The van der Waals surface area contributed by atoms with E-state index in [0.717, 1.165) is 0 Å². The first-order valence-corrected chi connectivity index (χ1v) is 9.38. The van der Waals surface area contributed by atoms with E-state index < -0.39 is 84.2 Å². The Morgan fingerprint density at radius 1 is 0.474 bits per heavy atom. The van der Waals surface area contributed by atoms with Gasteiger partial charge in [0.15, 0.2) is 0 Å². The third kappa shape index (κ3) is 4.17. The number of rotatable bonds is 10. The molecule has 0 nitrogen and oxygen atoms in total. The molecule has 0 aromatic rings. The number of halogens is 21. The Balaban J connectivity index is 3.70. The van der Waals surface area contributed by atoms with Gasteiger partial charge < -0.3 is 0 Å². The Hall–Kier alpha value is -1.47. The van der Waals surface area contributed by atoms with E-state index in [1.165, 1.54) is 0 Å². The maximum absolute atomic E-state index is 14.1. The Labute approximate surface area is 197 Å². The first-order valence-electron chi connectivity index (χ1n) is 9.38. The largest absolute Gasteiger partial charge is 0.460 e. The van der Waals surface area contributed by atoms with Crippen LogP contribution in [0.25, 0.3) is 0 Å². The predicted octanol–water partition coefficient (Wildman–Crippen LogP) is 8.72. The highest BCUT2D eigenvalue weighted by molar-refractivity contribution is 5.19. The maximum atomic E-state index is 14.1. The highest BCUT2D eigenvalue weighted by Gasteiger charge is 2.98. The van der Waals surface area contributed by atoms with Crippen molar-refractivity contribution in [3.63, 3.8) is 0 Å². The third-order valence-corrected chi connectivity index (χ3v) is 5.75. The molecule has 1 saturated carbocycles. The van der Waals surface area contributed by atoms with Gasteiger partial charge in [0.1, 0.15) is 0 Å². The van der Waals surface area contributed by atoms with Crippen LogP contribution in [0.1, 0.15) is 19.3 Å². The first-order chi connectivity index (χ1) is 16.3. The molecule has 1 aliphatic rings. The van der Waals surface area contributed by atoms with Gasteiger partial charge in [0.05, 0.1) is 0 Å². The van der Waals surface area contributed by atoms with Gasteiger partial charge in [-0.15, -0.1) is 0 Å². The fourth-order valence-electron chi connectivity index (χ4n) is 3.24. The molecule has 2 atom stereocenters. The SMILES string of the molecule is [CH2]CC1C[CH]C(C(F)(F)C(F)(F)C(F)(F)C(F)(F)C(F)(F)C(F)(F)C(F)(F)C(F)(F)C(F)(F)C(F)(F)F)C1. The van der Waals surface area contributed by atoms with Gasteiger partial charge in [-0.3, -0.25) is 0 Å². The van der Waals surface area contributed by atoms with Gasteiger partial charge in [-0.25, -0.2) is 0 Å². The molecule has 226 valence electrons.